The van der Waals surface area contributed by atoms with E-state index in [4.69, 9.17) is 9.47 Å². The van der Waals surface area contributed by atoms with Crippen LogP contribution in [0.1, 0.15) is 15.9 Å². The molecule has 0 spiro atoms. The number of fused-ring (bicyclic) bond motifs is 3. The van der Waals surface area contributed by atoms with Crippen molar-refractivity contribution in [1.29, 1.82) is 0 Å². The van der Waals surface area contributed by atoms with Crippen LogP contribution in [0.5, 0.6) is 11.5 Å². The van der Waals surface area contributed by atoms with Crippen molar-refractivity contribution in [1.82, 2.24) is 14.0 Å². The van der Waals surface area contributed by atoms with E-state index in [2.05, 4.69) is 10.3 Å². The van der Waals surface area contributed by atoms with Gasteiger partial charge in [-0.3, -0.25) is 14.2 Å². The van der Waals surface area contributed by atoms with Crippen LogP contribution < -0.4 is 20.3 Å². The Morgan fingerprint density at radius 3 is 2.53 bits per heavy atom. The zero-order valence-electron chi connectivity index (χ0n) is 18.7. The largest absolute Gasteiger partial charge is 0.497 e. The summed E-state index contributed by atoms with van der Waals surface area (Å²) in [6.45, 7) is 0.333. The molecule has 1 amide bonds. The van der Waals surface area contributed by atoms with E-state index >= 15 is 0 Å². The van der Waals surface area contributed by atoms with Gasteiger partial charge in [-0.25, -0.2) is 4.98 Å². The Balaban J connectivity index is 1.42. The number of amides is 1. The molecule has 2 aromatic carbocycles. The fourth-order valence-electron chi connectivity index (χ4n) is 3.98. The van der Waals surface area contributed by atoms with Gasteiger partial charge in [-0.05, 0) is 54.1 Å². The molecule has 3 heterocycles. The van der Waals surface area contributed by atoms with Crippen LogP contribution in [0.3, 0.4) is 0 Å². The maximum absolute atomic E-state index is 13.1. The quantitative estimate of drug-likeness (QED) is 0.420. The third-order valence-corrected chi connectivity index (χ3v) is 5.71. The molecule has 1 N–H and O–H groups in total. The Hall–Kier alpha value is -4.59. The third-order valence-electron chi connectivity index (χ3n) is 5.71. The van der Waals surface area contributed by atoms with Gasteiger partial charge >= 0.3 is 0 Å². The Labute approximate surface area is 195 Å². The first-order chi connectivity index (χ1) is 16.6. The number of carbonyl (C=O) groups is 1. The predicted molar refractivity (Wildman–Crippen MR) is 130 cm³/mol. The summed E-state index contributed by atoms with van der Waals surface area (Å²) in [6.07, 6.45) is 3.53. The summed E-state index contributed by atoms with van der Waals surface area (Å²) in [5.74, 6) is 0.861. The number of anilines is 1. The molecule has 0 radical (unpaired) electrons. The summed E-state index contributed by atoms with van der Waals surface area (Å²) in [5, 5.41) is 2.86. The number of carbonyl (C=O) groups excluding carboxylic acids is 1. The predicted octanol–water partition coefficient (Wildman–Crippen LogP) is 3.97. The van der Waals surface area contributed by atoms with Crippen LogP contribution in [0, 0.1) is 0 Å². The van der Waals surface area contributed by atoms with Crippen molar-refractivity contribution in [3.05, 3.63) is 101 Å². The molecular formula is C26H22N4O4. The standard InChI is InChI=1S/C26H22N4O4/c1-33-19-11-12-23(34-2)20(15-19)28-25(31)18-9-7-17(8-10-18)16-30-24-21(5-3-13-27-24)29-14-4-6-22(29)26(30)32/h3-15H,16H2,1-2H3,(H,28,31). The summed E-state index contributed by atoms with van der Waals surface area (Å²) in [4.78, 5) is 30.4. The SMILES string of the molecule is COc1ccc(OC)c(NC(=O)c2ccc(Cn3c(=O)c4cccn4c4cccnc43)cc2)c1. The molecule has 5 rings (SSSR count). The summed E-state index contributed by atoms with van der Waals surface area (Å²) >= 11 is 0. The third kappa shape index (κ3) is 3.75. The maximum Gasteiger partial charge on any atom is 0.276 e. The van der Waals surface area contributed by atoms with Crippen molar-refractivity contribution in [2.45, 2.75) is 6.54 Å². The molecule has 0 bridgehead atoms. The molecule has 0 fully saturated rings. The first-order valence-corrected chi connectivity index (χ1v) is 10.7. The number of pyridine rings is 1. The van der Waals surface area contributed by atoms with E-state index in [0.717, 1.165) is 11.1 Å². The fourth-order valence-corrected chi connectivity index (χ4v) is 3.98. The van der Waals surface area contributed by atoms with Crippen LogP contribution in [-0.4, -0.2) is 34.1 Å². The van der Waals surface area contributed by atoms with E-state index in [1.54, 1.807) is 54.3 Å². The number of hydrogen-bond acceptors (Lipinski definition) is 5. The highest BCUT2D eigenvalue weighted by molar-refractivity contribution is 6.05. The topological polar surface area (TPSA) is 86.9 Å². The Morgan fingerprint density at radius 2 is 1.76 bits per heavy atom. The molecule has 8 heteroatoms. The van der Waals surface area contributed by atoms with Gasteiger partial charge in [-0.15, -0.1) is 0 Å². The number of benzene rings is 2. The van der Waals surface area contributed by atoms with Gasteiger partial charge in [0.2, 0.25) is 0 Å². The zero-order chi connectivity index (χ0) is 23.7. The van der Waals surface area contributed by atoms with E-state index in [0.29, 0.717) is 40.5 Å². The van der Waals surface area contributed by atoms with Gasteiger partial charge in [-0.1, -0.05) is 12.1 Å². The van der Waals surface area contributed by atoms with Crippen LogP contribution in [0.2, 0.25) is 0 Å². The highest BCUT2D eigenvalue weighted by Gasteiger charge is 2.14. The van der Waals surface area contributed by atoms with E-state index < -0.39 is 0 Å². The normalized spacial score (nSPS) is 11.0. The summed E-state index contributed by atoms with van der Waals surface area (Å²) in [7, 11) is 3.10. The molecule has 8 nitrogen and oxygen atoms in total. The monoisotopic (exact) mass is 454 g/mol. The van der Waals surface area contributed by atoms with Crippen LogP contribution in [0.15, 0.2) is 83.9 Å². The minimum absolute atomic E-state index is 0.122. The number of rotatable bonds is 6. The minimum atomic E-state index is -0.281. The molecule has 0 atom stereocenters. The van der Waals surface area contributed by atoms with Crippen molar-refractivity contribution in [3.63, 3.8) is 0 Å². The maximum atomic E-state index is 13.1. The zero-order valence-corrected chi connectivity index (χ0v) is 18.7. The van der Waals surface area contributed by atoms with Crippen LogP contribution >= 0.6 is 0 Å². The van der Waals surface area contributed by atoms with Gasteiger partial charge in [0.05, 0.1) is 32.0 Å². The van der Waals surface area contributed by atoms with Crippen LogP contribution in [0.4, 0.5) is 5.69 Å². The molecule has 0 saturated heterocycles. The van der Waals surface area contributed by atoms with Gasteiger partial charge in [-0.2, -0.15) is 0 Å². The summed E-state index contributed by atoms with van der Waals surface area (Å²) in [5.41, 5.74) is 3.78. The lowest BCUT2D eigenvalue weighted by molar-refractivity contribution is 0.102. The molecule has 0 aliphatic carbocycles. The van der Waals surface area contributed by atoms with Gasteiger partial charge in [0.15, 0.2) is 5.65 Å². The van der Waals surface area contributed by atoms with Gasteiger partial charge in [0.1, 0.15) is 17.0 Å². The van der Waals surface area contributed by atoms with E-state index in [1.165, 1.54) is 7.11 Å². The molecule has 3 aromatic heterocycles. The second-order valence-electron chi connectivity index (χ2n) is 7.72. The number of methoxy groups -OCH3 is 2. The molecule has 0 saturated carbocycles. The molecule has 170 valence electrons. The van der Waals surface area contributed by atoms with Crippen molar-refractivity contribution in [2.24, 2.45) is 0 Å². The fraction of sp³-hybridized carbons (Fsp3) is 0.115. The first kappa shape index (κ1) is 21.3. The lowest BCUT2D eigenvalue weighted by Crippen LogP contribution is -2.24. The van der Waals surface area contributed by atoms with Crippen molar-refractivity contribution >= 4 is 28.3 Å². The average molecular weight is 454 g/mol. The van der Waals surface area contributed by atoms with Gasteiger partial charge in [0.25, 0.3) is 11.5 Å². The smallest absolute Gasteiger partial charge is 0.276 e. The second-order valence-corrected chi connectivity index (χ2v) is 7.72. The van der Waals surface area contributed by atoms with Gasteiger partial charge < -0.3 is 19.2 Å². The number of nitrogens with one attached hydrogen (secondary N) is 1. The minimum Gasteiger partial charge on any atom is -0.497 e. The lowest BCUT2D eigenvalue weighted by atomic mass is 10.1. The molecule has 0 unspecified atom stereocenters. The van der Waals surface area contributed by atoms with Crippen LogP contribution in [0.25, 0.3) is 16.7 Å². The van der Waals surface area contributed by atoms with Crippen molar-refractivity contribution in [2.75, 3.05) is 19.5 Å². The van der Waals surface area contributed by atoms with E-state index in [-0.39, 0.29) is 11.5 Å². The molecule has 0 aliphatic rings. The van der Waals surface area contributed by atoms with Gasteiger partial charge in [0, 0.05) is 24.0 Å². The molecule has 5 aromatic rings. The number of ether oxygens (including phenoxy) is 2. The highest BCUT2D eigenvalue weighted by Crippen LogP contribution is 2.29. The first-order valence-electron chi connectivity index (χ1n) is 10.7. The molecule has 34 heavy (non-hydrogen) atoms. The lowest BCUT2D eigenvalue weighted by Gasteiger charge is -2.13. The van der Waals surface area contributed by atoms with Crippen molar-refractivity contribution < 1.29 is 14.3 Å². The van der Waals surface area contributed by atoms with E-state index in [1.807, 2.05) is 40.9 Å². The summed E-state index contributed by atoms with van der Waals surface area (Å²) < 4.78 is 14.1. The molecule has 0 aliphatic heterocycles. The second kappa shape index (κ2) is 8.74. The van der Waals surface area contributed by atoms with Crippen LogP contribution in [-0.2, 0) is 6.54 Å². The number of hydrogen-bond donors (Lipinski definition) is 1. The van der Waals surface area contributed by atoms with E-state index in [9.17, 15) is 9.59 Å². The number of aromatic nitrogens is 3. The number of nitrogens with zero attached hydrogens (tertiary/aromatic N) is 3. The Kier molecular flexibility index (Phi) is 5.47. The highest BCUT2D eigenvalue weighted by atomic mass is 16.5. The Bertz CT molecular complexity index is 1570. The summed E-state index contributed by atoms with van der Waals surface area (Å²) in [6, 6.07) is 19.7. The van der Waals surface area contributed by atoms with Crippen molar-refractivity contribution in [3.8, 4) is 11.5 Å². The Morgan fingerprint density at radius 1 is 0.971 bits per heavy atom. The average Bonchev–Trinajstić information content (AvgIpc) is 3.37. The molecular weight excluding hydrogens is 432 g/mol.